The number of rotatable bonds is 5. The Labute approximate surface area is 122 Å². The number of nitrogens with zero attached hydrogens (tertiary/aromatic N) is 3. The lowest BCUT2D eigenvalue weighted by molar-refractivity contribution is -0.0719. The number of nitrogens with two attached hydrogens (primary N) is 1. The summed E-state index contributed by atoms with van der Waals surface area (Å²) in [5, 5.41) is 4.45. The molecule has 1 fully saturated rings. The fourth-order valence-corrected chi connectivity index (χ4v) is 2.87. The zero-order valence-corrected chi connectivity index (χ0v) is 13.1. The summed E-state index contributed by atoms with van der Waals surface area (Å²) in [5.74, 6) is 0. The first-order valence-electron chi connectivity index (χ1n) is 7.68. The predicted octanol–water partition coefficient (Wildman–Crippen LogP) is 1.96. The molecule has 1 aromatic heterocycles. The highest BCUT2D eigenvalue weighted by Gasteiger charge is 2.32. The van der Waals surface area contributed by atoms with Gasteiger partial charge >= 0.3 is 0 Å². The largest absolute Gasteiger partial charge is 0.376 e. The zero-order valence-electron chi connectivity index (χ0n) is 13.1. The molecule has 3 unspecified atom stereocenters. The van der Waals surface area contributed by atoms with Crippen LogP contribution < -0.4 is 5.73 Å². The molecular weight excluding hydrogens is 252 g/mol. The third kappa shape index (κ3) is 3.22. The maximum absolute atomic E-state index is 6.06. The quantitative estimate of drug-likeness (QED) is 0.896. The Morgan fingerprint density at radius 2 is 2.25 bits per heavy atom. The summed E-state index contributed by atoms with van der Waals surface area (Å²) in [6.45, 7) is 11.0. The number of ether oxygens (including phenoxy) is 1. The molecule has 5 nitrogen and oxygen atoms in total. The van der Waals surface area contributed by atoms with Gasteiger partial charge in [0.05, 0.1) is 24.9 Å². The fourth-order valence-electron chi connectivity index (χ4n) is 2.87. The molecule has 1 aliphatic heterocycles. The lowest BCUT2D eigenvalue weighted by atomic mass is 10.0. The minimum Gasteiger partial charge on any atom is -0.376 e. The van der Waals surface area contributed by atoms with Gasteiger partial charge in [-0.2, -0.15) is 5.10 Å². The van der Waals surface area contributed by atoms with Gasteiger partial charge in [0.1, 0.15) is 0 Å². The van der Waals surface area contributed by atoms with Crippen molar-refractivity contribution >= 4 is 0 Å². The molecule has 0 bridgehead atoms. The van der Waals surface area contributed by atoms with Gasteiger partial charge in [0.2, 0.25) is 0 Å². The van der Waals surface area contributed by atoms with Crippen LogP contribution >= 0.6 is 0 Å². The Morgan fingerprint density at radius 1 is 1.50 bits per heavy atom. The van der Waals surface area contributed by atoms with E-state index in [1.165, 1.54) is 5.56 Å². The molecule has 20 heavy (non-hydrogen) atoms. The van der Waals surface area contributed by atoms with Crippen molar-refractivity contribution in [1.29, 1.82) is 0 Å². The molecule has 1 aliphatic rings. The SMILES string of the molecule is CCC1COC(C)CN1C(CN)c1cnn(C(C)C)c1. The van der Waals surface area contributed by atoms with Crippen molar-refractivity contribution in [2.45, 2.75) is 58.3 Å². The molecule has 1 saturated heterocycles. The van der Waals surface area contributed by atoms with Crippen LogP contribution in [0.2, 0.25) is 0 Å². The predicted molar refractivity (Wildman–Crippen MR) is 80.6 cm³/mol. The molecule has 0 amide bonds. The molecule has 0 aromatic carbocycles. The van der Waals surface area contributed by atoms with Gasteiger partial charge in [-0.3, -0.25) is 9.58 Å². The maximum Gasteiger partial charge on any atom is 0.0675 e. The average Bonchev–Trinajstić information content (AvgIpc) is 2.90. The minimum atomic E-state index is 0.235. The number of aromatic nitrogens is 2. The van der Waals surface area contributed by atoms with Gasteiger partial charge in [0, 0.05) is 36.9 Å². The molecule has 5 heteroatoms. The summed E-state index contributed by atoms with van der Waals surface area (Å²) in [5.41, 5.74) is 7.28. The summed E-state index contributed by atoms with van der Waals surface area (Å²) < 4.78 is 7.79. The van der Waals surface area contributed by atoms with Gasteiger partial charge in [-0.15, -0.1) is 0 Å². The van der Waals surface area contributed by atoms with Crippen LogP contribution in [0.3, 0.4) is 0 Å². The van der Waals surface area contributed by atoms with Crippen molar-refractivity contribution in [1.82, 2.24) is 14.7 Å². The van der Waals surface area contributed by atoms with Crippen LogP contribution in [0, 0.1) is 0 Å². The summed E-state index contributed by atoms with van der Waals surface area (Å²) in [4.78, 5) is 2.50. The van der Waals surface area contributed by atoms with E-state index in [4.69, 9.17) is 10.5 Å². The van der Waals surface area contributed by atoms with Crippen LogP contribution in [0.1, 0.15) is 51.8 Å². The average molecular weight is 280 g/mol. The third-order valence-corrected chi connectivity index (χ3v) is 4.14. The van der Waals surface area contributed by atoms with Crippen LogP contribution in [0.5, 0.6) is 0 Å². The minimum absolute atomic E-state index is 0.235. The van der Waals surface area contributed by atoms with Gasteiger partial charge in [-0.1, -0.05) is 6.92 Å². The number of hydrogen-bond donors (Lipinski definition) is 1. The normalized spacial score (nSPS) is 26.1. The van der Waals surface area contributed by atoms with Crippen LogP contribution in [0.15, 0.2) is 12.4 Å². The molecule has 0 saturated carbocycles. The lowest BCUT2D eigenvalue weighted by Crippen LogP contribution is -2.51. The topological polar surface area (TPSA) is 56.3 Å². The zero-order chi connectivity index (χ0) is 14.7. The van der Waals surface area contributed by atoms with Crippen molar-refractivity contribution in [3.8, 4) is 0 Å². The highest BCUT2D eigenvalue weighted by Crippen LogP contribution is 2.27. The monoisotopic (exact) mass is 280 g/mol. The van der Waals surface area contributed by atoms with E-state index in [1.807, 2.05) is 10.9 Å². The van der Waals surface area contributed by atoms with E-state index < -0.39 is 0 Å². The van der Waals surface area contributed by atoms with E-state index in [9.17, 15) is 0 Å². The summed E-state index contributed by atoms with van der Waals surface area (Å²) in [6.07, 6.45) is 5.45. The van der Waals surface area contributed by atoms with Crippen LogP contribution in [-0.2, 0) is 4.74 Å². The number of hydrogen-bond acceptors (Lipinski definition) is 4. The molecule has 0 aliphatic carbocycles. The Morgan fingerprint density at radius 3 is 2.80 bits per heavy atom. The van der Waals surface area contributed by atoms with Gasteiger partial charge in [0.25, 0.3) is 0 Å². The third-order valence-electron chi connectivity index (χ3n) is 4.14. The van der Waals surface area contributed by atoms with E-state index in [2.05, 4.69) is 43.9 Å². The summed E-state index contributed by atoms with van der Waals surface area (Å²) in [7, 11) is 0. The van der Waals surface area contributed by atoms with Crippen molar-refractivity contribution in [2.24, 2.45) is 5.73 Å². The second kappa shape index (κ2) is 6.70. The van der Waals surface area contributed by atoms with E-state index in [0.717, 1.165) is 19.6 Å². The molecule has 1 aromatic rings. The van der Waals surface area contributed by atoms with Crippen LogP contribution in [0.25, 0.3) is 0 Å². The van der Waals surface area contributed by atoms with Gasteiger partial charge in [0.15, 0.2) is 0 Å². The molecule has 2 heterocycles. The van der Waals surface area contributed by atoms with Gasteiger partial charge < -0.3 is 10.5 Å². The Bertz CT molecular complexity index is 418. The van der Waals surface area contributed by atoms with Crippen LogP contribution in [0.4, 0.5) is 0 Å². The highest BCUT2D eigenvalue weighted by molar-refractivity contribution is 5.12. The second-order valence-electron chi connectivity index (χ2n) is 6.00. The molecule has 0 radical (unpaired) electrons. The summed E-state index contributed by atoms with van der Waals surface area (Å²) in [6, 6.07) is 1.06. The molecule has 2 rings (SSSR count). The van der Waals surface area contributed by atoms with Crippen molar-refractivity contribution in [2.75, 3.05) is 19.7 Å². The Kier molecular flexibility index (Phi) is 5.18. The second-order valence-corrected chi connectivity index (χ2v) is 6.00. The van der Waals surface area contributed by atoms with Crippen molar-refractivity contribution in [3.05, 3.63) is 18.0 Å². The first-order valence-corrected chi connectivity index (χ1v) is 7.68. The smallest absolute Gasteiger partial charge is 0.0675 e. The standard InChI is InChI=1S/C15H28N4O/c1-5-14-10-20-12(4)8-18(14)15(6-16)13-7-17-19(9-13)11(2)3/h7,9,11-12,14-15H,5-6,8,10,16H2,1-4H3. The fraction of sp³-hybridized carbons (Fsp3) is 0.800. The molecule has 3 atom stereocenters. The lowest BCUT2D eigenvalue weighted by Gasteiger charge is -2.42. The number of morpholine rings is 1. The van der Waals surface area contributed by atoms with E-state index >= 15 is 0 Å². The van der Waals surface area contributed by atoms with Gasteiger partial charge in [-0.25, -0.2) is 0 Å². The van der Waals surface area contributed by atoms with E-state index in [-0.39, 0.29) is 12.1 Å². The maximum atomic E-state index is 6.06. The van der Waals surface area contributed by atoms with Gasteiger partial charge in [-0.05, 0) is 27.2 Å². The van der Waals surface area contributed by atoms with Crippen molar-refractivity contribution < 1.29 is 4.74 Å². The van der Waals surface area contributed by atoms with Crippen molar-refractivity contribution in [3.63, 3.8) is 0 Å². The van der Waals surface area contributed by atoms with E-state index in [0.29, 0.717) is 18.6 Å². The molecular formula is C15H28N4O. The first kappa shape index (κ1) is 15.5. The highest BCUT2D eigenvalue weighted by atomic mass is 16.5. The summed E-state index contributed by atoms with van der Waals surface area (Å²) >= 11 is 0. The molecule has 2 N–H and O–H groups in total. The molecule has 114 valence electrons. The Balaban J connectivity index is 2.20. The van der Waals surface area contributed by atoms with Crippen LogP contribution in [-0.4, -0.2) is 46.5 Å². The van der Waals surface area contributed by atoms with E-state index in [1.54, 1.807) is 0 Å². The first-order chi connectivity index (χ1) is 9.56. The molecule has 0 spiro atoms. The Hall–Kier alpha value is -0.910.